The lowest BCUT2D eigenvalue weighted by Crippen LogP contribution is -2.25. The maximum absolute atomic E-state index is 5.67. The van der Waals surface area contributed by atoms with E-state index in [4.69, 9.17) is 17.4 Å². The van der Waals surface area contributed by atoms with Crippen molar-refractivity contribution in [2.24, 2.45) is 5.84 Å². The van der Waals surface area contributed by atoms with Gasteiger partial charge in [0.25, 0.3) is 0 Å². The molecule has 1 aromatic heterocycles. The number of hydrazine groups is 1. The molecule has 11 heavy (non-hydrogen) atoms. The van der Waals surface area contributed by atoms with E-state index in [1.807, 2.05) is 13.0 Å². The predicted molar refractivity (Wildman–Crippen MR) is 45.0 cm³/mol. The number of halogens is 1. The molecule has 0 aliphatic rings. The van der Waals surface area contributed by atoms with Crippen molar-refractivity contribution in [1.29, 1.82) is 0 Å². The van der Waals surface area contributed by atoms with E-state index in [1.165, 1.54) is 0 Å². The first-order valence-electron chi connectivity index (χ1n) is 3.31. The Morgan fingerprint density at radius 1 is 1.73 bits per heavy atom. The second-order valence-electron chi connectivity index (χ2n) is 2.30. The molecule has 0 bridgehead atoms. The molecule has 60 valence electrons. The molecule has 0 saturated carbocycles. The van der Waals surface area contributed by atoms with Crippen LogP contribution in [0.2, 0.25) is 5.15 Å². The first kappa shape index (κ1) is 8.46. The molecule has 0 aliphatic heterocycles. The highest BCUT2D eigenvalue weighted by Crippen LogP contribution is 2.13. The van der Waals surface area contributed by atoms with Crippen molar-refractivity contribution >= 4 is 11.6 Å². The van der Waals surface area contributed by atoms with Gasteiger partial charge in [-0.2, -0.15) is 0 Å². The summed E-state index contributed by atoms with van der Waals surface area (Å²) in [6.07, 6.45) is 1.66. The van der Waals surface area contributed by atoms with Gasteiger partial charge in [0, 0.05) is 12.2 Å². The monoisotopic (exact) mass is 171 g/mol. The van der Waals surface area contributed by atoms with Crippen LogP contribution in [0.1, 0.15) is 18.5 Å². The fourth-order valence-electron chi connectivity index (χ4n) is 0.783. The number of nitrogens with two attached hydrogens (primary N) is 1. The SMILES string of the molecule is CC(NN)c1ccnc(Cl)c1. The summed E-state index contributed by atoms with van der Waals surface area (Å²) in [5.41, 5.74) is 3.66. The van der Waals surface area contributed by atoms with Crippen molar-refractivity contribution in [2.75, 3.05) is 0 Å². The van der Waals surface area contributed by atoms with Crippen LogP contribution < -0.4 is 11.3 Å². The zero-order chi connectivity index (χ0) is 8.27. The topological polar surface area (TPSA) is 50.9 Å². The lowest BCUT2D eigenvalue weighted by atomic mass is 10.1. The number of aromatic nitrogens is 1. The first-order valence-corrected chi connectivity index (χ1v) is 3.69. The van der Waals surface area contributed by atoms with Crippen LogP contribution >= 0.6 is 11.6 Å². The highest BCUT2D eigenvalue weighted by molar-refractivity contribution is 6.29. The number of hydrogen-bond donors (Lipinski definition) is 2. The molecular weight excluding hydrogens is 162 g/mol. The molecule has 1 rings (SSSR count). The average Bonchev–Trinajstić information content (AvgIpc) is 2.03. The van der Waals surface area contributed by atoms with E-state index >= 15 is 0 Å². The summed E-state index contributed by atoms with van der Waals surface area (Å²) < 4.78 is 0. The zero-order valence-corrected chi connectivity index (χ0v) is 6.97. The predicted octanol–water partition coefficient (Wildman–Crippen LogP) is 1.26. The van der Waals surface area contributed by atoms with Gasteiger partial charge in [0.05, 0.1) is 0 Å². The summed E-state index contributed by atoms with van der Waals surface area (Å²) in [5, 5.41) is 0.490. The summed E-state index contributed by atoms with van der Waals surface area (Å²) in [5.74, 6) is 5.24. The fraction of sp³-hybridized carbons (Fsp3) is 0.286. The molecule has 3 nitrogen and oxygen atoms in total. The summed E-state index contributed by atoms with van der Waals surface area (Å²) in [4.78, 5) is 3.85. The minimum Gasteiger partial charge on any atom is -0.271 e. The normalized spacial score (nSPS) is 13.0. The quantitative estimate of drug-likeness (QED) is 0.400. The van der Waals surface area contributed by atoms with Gasteiger partial charge in [-0.05, 0) is 24.6 Å². The number of hydrogen-bond acceptors (Lipinski definition) is 3. The summed E-state index contributed by atoms with van der Waals surface area (Å²) in [6, 6.07) is 3.76. The van der Waals surface area contributed by atoms with E-state index in [-0.39, 0.29) is 6.04 Å². The van der Waals surface area contributed by atoms with Crippen molar-refractivity contribution in [3.63, 3.8) is 0 Å². The minimum absolute atomic E-state index is 0.107. The van der Waals surface area contributed by atoms with Crippen molar-refractivity contribution in [3.05, 3.63) is 29.0 Å². The maximum Gasteiger partial charge on any atom is 0.129 e. The van der Waals surface area contributed by atoms with Gasteiger partial charge in [0.2, 0.25) is 0 Å². The Balaban J connectivity index is 2.86. The van der Waals surface area contributed by atoms with E-state index in [0.29, 0.717) is 5.15 Å². The summed E-state index contributed by atoms with van der Waals surface area (Å²) in [6.45, 7) is 1.95. The number of nitrogens with one attached hydrogen (secondary N) is 1. The molecule has 1 unspecified atom stereocenters. The van der Waals surface area contributed by atoms with Gasteiger partial charge < -0.3 is 0 Å². The van der Waals surface area contributed by atoms with Crippen LogP contribution in [-0.2, 0) is 0 Å². The van der Waals surface area contributed by atoms with Crippen LogP contribution in [0.25, 0.3) is 0 Å². The van der Waals surface area contributed by atoms with E-state index in [9.17, 15) is 0 Å². The molecule has 0 aromatic carbocycles. The first-order chi connectivity index (χ1) is 5.24. The van der Waals surface area contributed by atoms with Crippen molar-refractivity contribution in [1.82, 2.24) is 10.4 Å². The molecule has 4 heteroatoms. The molecule has 1 aromatic rings. The van der Waals surface area contributed by atoms with E-state index in [1.54, 1.807) is 12.3 Å². The van der Waals surface area contributed by atoms with E-state index < -0.39 is 0 Å². The van der Waals surface area contributed by atoms with Crippen LogP contribution in [0.4, 0.5) is 0 Å². The third kappa shape index (κ3) is 2.15. The lowest BCUT2D eigenvalue weighted by Gasteiger charge is -2.08. The molecular formula is C7H10ClN3. The Hall–Kier alpha value is -0.640. The fourth-order valence-corrected chi connectivity index (χ4v) is 0.965. The van der Waals surface area contributed by atoms with E-state index in [2.05, 4.69) is 10.4 Å². The van der Waals surface area contributed by atoms with Crippen LogP contribution in [0.5, 0.6) is 0 Å². The lowest BCUT2D eigenvalue weighted by molar-refractivity contribution is 0.602. The standard InChI is InChI=1S/C7H10ClN3/c1-5(11-9)6-2-3-10-7(8)4-6/h2-5,11H,9H2,1H3. The van der Waals surface area contributed by atoms with Gasteiger partial charge in [-0.15, -0.1) is 0 Å². The third-order valence-electron chi connectivity index (χ3n) is 1.50. The Morgan fingerprint density at radius 3 is 3.00 bits per heavy atom. The maximum atomic E-state index is 5.67. The molecule has 1 heterocycles. The Morgan fingerprint density at radius 2 is 2.45 bits per heavy atom. The van der Waals surface area contributed by atoms with Gasteiger partial charge in [-0.25, -0.2) is 4.98 Å². The Labute approximate surface area is 70.5 Å². The van der Waals surface area contributed by atoms with Crippen LogP contribution in [0.3, 0.4) is 0 Å². The van der Waals surface area contributed by atoms with Crippen molar-refractivity contribution in [3.8, 4) is 0 Å². The molecule has 0 fully saturated rings. The second kappa shape index (κ2) is 3.67. The van der Waals surface area contributed by atoms with Gasteiger partial charge in [0.1, 0.15) is 5.15 Å². The average molecular weight is 172 g/mol. The van der Waals surface area contributed by atoms with E-state index in [0.717, 1.165) is 5.56 Å². The Bertz CT molecular complexity index is 239. The molecule has 0 spiro atoms. The van der Waals surface area contributed by atoms with Gasteiger partial charge in [-0.3, -0.25) is 11.3 Å². The van der Waals surface area contributed by atoms with Crippen molar-refractivity contribution < 1.29 is 0 Å². The highest BCUT2D eigenvalue weighted by atomic mass is 35.5. The molecule has 0 saturated heterocycles. The molecule has 1 atom stereocenters. The van der Waals surface area contributed by atoms with Gasteiger partial charge in [0.15, 0.2) is 0 Å². The van der Waals surface area contributed by atoms with Crippen LogP contribution in [0.15, 0.2) is 18.3 Å². The summed E-state index contributed by atoms with van der Waals surface area (Å²) >= 11 is 5.67. The van der Waals surface area contributed by atoms with Gasteiger partial charge >= 0.3 is 0 Å². The number of rotatable bonds is 2. The summed E-state index contributed by atoms with van der Waals surface area (Å²) in [7, 11) is 0. The smallest absolute Gasteiger partial charge is 0.129 e. The highest BCUT2D eigenvalue weighted by Gasteiger charge is 2.01. The third-order valence-corrected chi connectivity index (χ3v) is 1.71. The number of nitrogens with zero attached hydrogens (tertiary/aromatic N) is 1. The largest absolute Gasteiger partial charge is 0.271 e. The second-order valence-corrected chi connectivity index (χ2v) is 2.69. The molecule has 0 radical (unpaired) electrons. The van der Waals surface area contributed by atoms with Crippen molar-refractivity contribution in [2.45, 2.75) is 13.0 Å². The molecule has 0 amide bonds. The molecule has 0 aliphatic carbocycles. The number of pyridine rings is 1. The van der Waals surface area contributed by atoms with Gasteiger partial charge in [-0.1, -0.05) is 11.6 Å². The zero-order valence-electron chi connectivity index (χ0n) is 6.21. The Kier molecular flexibility index (Phi) is 2.82. The van der Waals surface area contributed by atoms with Crippen LogP contribution in [-0.4, -0.2) is 4.98 Å². The van der Waals surface area contributed by atoms with Crippen LogP contribution in [0, 0.1) is 0 Å². The minimum atomic E-state index is 0.107. The molecule has 3 N–H and O–H groups in total.